The summed E-state index contributed by atoms with van der Waals surface area (Å²) in [5.74, 6) is -0.579. The molecule has 1 aliphatic rings. The van der Waals surface area contributed by atoms with Crippen LogP contribution in [0, 0.1) is 12.7 Å². The lowest BCUT2D eigenvalue weighted by Crippen LogP contribution is -2.44. The second kappa shape index (κ2) is 7.01. The average molecular weight is 327 g/mol. The van der Waals surface area contributed by atoms with Gasteiger partial charge in [-0.3, -0.25) is 4.79 Å². The zero-order valence-corrected chi connectivity index (χ0v) is 14.1. The molecule has 1 amide bonds. The Hall–Kier alpha value is -2.40. The summed E-state index contributed by atoms with van der Waals surface area (Å²) in [5, 5.41) is 2.90. The number of benzene rings is 2. The Morgan fingerprint density at radius 1 is 1.04 bits per heavy atom. The van der Waals surface area contributed by atoms with E-state index in [1.807, 2.05) is 19.1 Å². The maximum Gasteiger partial charge on any atom is 0.255 e. The van der Waals surface area contributed by atoms with Crippen LogP contribution in [0.2, 0.25) is 0 Å². The number of nitrogens with one attached hydrogen (secondary N) is 1. The van der Waals surface area contributed by atoms with Gasteiger partial charge in [0.05, 0.1) is 0 Å². The molecule has 0 unspecified atom stereocenters. The molecule has 0 radical (unpaired) electrons. The molecule has 5 heteroatoms. The first kappa shape index (κ1) is 16.5. The molecule has 0 bridgehead atoms. The molecule has 1 N–H and O–H groups in total. The summed E-state index contributed by atoms with van der Waals surface area (Å²) < 4.78 is 12.9. The van der Waals surface area contributed by atoms with E-state index in [9.17, 15) is 9.18 Å². The molecule has 0 atom stereocenters. The predicted molar refractivity (Wildman–Crippen MR) is 95.2 cm³/mol. The quantitative estimate of drug-likeness (QED) is 0.941. The molecule has 0 aliphatic carbocycles. The first-order chi connectivity index (χ1) is 11.5. The standard InChI is InChI=1S/C19H22FN3O/c1-14-13-17(23-11-9-22(2)10-12-23)7-8-18(14)21-19(24)15-3-5-16(20)6-4-15/h3-8,13H,9-12H2,1-2H3,(H,21,24). The van der Waals surface area contributed by atoms with E-state index in [0.29, 0.717) is 5.56 Å². The van der Waals surface area contributed by atoms with E-state index in [0.717, 1.165) is 37.4 Å². The first-order valence-corrected chi connectivity index (χ1v) is 8.14. The third kappa shape index (κ3) is 3.74. The molecular weight excluding hydrogens is 305 g/mol. The monoisotopic (exact) mass is 327 g/mol. The number of rotatable bonds is 3. The number of halogens is 1. The number of likely N-dealkylation sites (N-methyl/N-ethyl adjacent to an activating group) is 1. The van der Waals surface area contributed by atoms with Crippen LogP contribution in [0.3, 0.4) is 0 Å². The maximum absolute atomic E-state index is 12.9. The molecule has 2 aromatic carbocycles. The molecule has 0 aromatic heterocycles. The van der Waals surface area contributed by atoms with Crippen LogP contribution < -0.4 is 10.2 Å². The van der Waals surface area contributed by atoms with Gasteiger partial charge in [0.15, 0.2) is 0 Å². The number of hydrogen-bond acceptors (Lipinski definition) is 3. The minimum Gasteiger partial charge on any atom is -0.369 e. The molecule has 1 heterocycles. The van der Waals surface area contributed by atoms with Gasteiger partial charge in [0, 0.05) is 43.1 Å². The summed E-state index contributed by atoms with van der Waals surface area (Å²) in [4.78, 5) is 16.9. The largest absolute Gasteiger partial charge is 0.369 e. The summed E-state index contributed by atoms with van der Waals surface area (Å²) in [5.41, 5.74) is 3.42. The number of piperazine rings is 1. The Kier molecular flexibility index (Phi) is 4.81. The van der Waals surface area contributed by atoms with Crippen LogP contribution in [-0.2, 0) is 0 Å². The molecule has 0 saturated carbocycles. The smallest absolute Gasteiger partial charge is 0.255 e. The Labute approximate surface area is 141 Å². The van der Waals surface area contributed by atoms with E-state index < -0.39 is 0 Å². The zero-order valence-electron chi connectivity index (χ0n) is 14.1. The van der Waals surface area contributed by atoms with Gasteiger partial charge in [-0.15, -0.1) is 0 Å². The molecule has 4 nitrogen and oxygen atoms in total. The van der Waals surface area contributed by atoms with Crippen LogP contribution in [0.1, 0.15) is 15.9 Å². The summed E-state index contributed by atoms with van der Waals surface area (Å²) in [6, 6.07) is 11.6. The molecular formula is C19H22FN3O. The average Bonchev–Trinajstić information content (AvgIpc) is 2.58. The number of carbonyl (C=O) groups excluding carboxylic acids is 1. The number of hydrogen-bond donors (Lipinski definition) is 1. The Morgan fingerprint density at radius 2 is 1.71 bits per heavy atom. The highest BCUT2D eigenvalue weighted by Gasteiger charge is 2.15. The van der Waals surface area contributed by atoms with Crippen molar-refractivity contribution in [1.82, 2.24) is 4.90 Å². The number of nitrogens with zero attached hydrogens (tertiary/aromatic N) is 2. The van der Waals surface area contributed by atoms with Gasteiger partial charge in [-0.25, -0.2) is 4.39 Å². The highest BCUT2D eigenvalue weighted by Crippen LogP contribution is 2.24. The molecule has 24 heavy (non-hydrogen) atoms. The Morgan fingerprint density at radius 3 is 2.33 bits per heavy atom. The van der Waals surface area contributed by atoms with E-state index in [1.165, 1.54) is 30.0 Å². The van der Waals surface area contributed by atoms with Crippen molar-refractivity contribution in [3.8, 4) is 0 Å². The van der Waals surface area contributed by atoms with Gasteiger partial charge in [0.25, 0.3) is 5.91 Å². The van der Waals surface area contributed by atoms with Crippen LogP contribution in [0.4, 0.5) is 15.8 Å². The van der Waals surface area contributed by atoms with Crippen LogP contribution >= 0.6 is 0 Å². The SMILES string of the molecule is Cc1cc(N2CCN(C)CC2)ccc1NC(=O)c1ccc(F)cc1. The van der Waals surface area contributed by atoms with Gasteiger partial charge in [-0.1, -0.05) is 0 Å². The summed E-state index contributed by atoms with van der Waals surface area (Å²) in [6.45, 7) is 6.12. The second-order valence-electron chi connectivity index (χ2n) is 6.25. The number of anilines is 2. The normalized spacial score (nSPS) is 15.4. The first-order valence-electron chi connectivity index (χ1n) is 8.14. The van der Waals surface area contributed by atoms with Crippen LogP contribution in [0.5, 0.6) is 0 Å². The van der Waals surface area contributed by atoms with Gasteiger partial charge in [0.2, 0.25) is 0 Å². The molecule has 2 aromatic rings. The fourth-order valence-electron chi connectivity index (χ4n) is 2.85. The fourth-order valence-corrected chi connectivity index (χ4v) is 2.85. The van der Waals surface area contributed by atoms with Gasteiger partial charge < -0.3 is 15.1 Å². The summed E-state index contributed by atoms with van der Waals surface area (Å²) in [6.07, 6.45) is 0. The van der Waals surface area contributed by atoms with Crippen molar-refractivity contribution in [3.63, 3.8) is 0 Å². The fraction of sp³-hybridized carbons (Fsp3) is 0.316. The number of aryl methyl sites for hydroxylation is 1. The van der Waals surface area contributed by atoms with Gasteiger partial charge in [-0.2, -0.15) is 0 Å². The highest BCUT2D eigenvalue weighted by molar-refractivity contribution is 6.04. The van der Waals surface area contributed by atoms with Gasteiger partial charge >= 0.3 is 0 Å². The minimum absolute atomic E-state index is 0.231. The Balaban J connectivity index is 1.70. The lowest BCUT2D eigenvalue weighted by atomic mass is 10.1. The van der Waals surface area contributed by atoms with Crippen molar-refractivity contribution in [3.05, 3.63) is 59.4 Å². The summed E-state index contributed by atoms with van der Waals surface area (Å²) >= 11 is 0. The molecule has 1 aliphatic heterocycles. The van der Waals surface area contributed by atoms with Crippen LogP contribution in [0.15, 0.2) is 42.5 Å². The third-order valence-corrected chi connectivity index (χ3v) is 4.43. The molecule has 0 spiro atoms. The van der Waals surface area contributed by atoms with Crippen molar-refractivity contribution in [2.24, 2.45) is 0 Å². The highest BCUT2D eigenvalue weighted by atomic mass is 19.1. The van der Waals surface area contributed by atoms with Crippen LogP contribution in [-0.4, -0.2) is 44.0 Å². The molecule has 1 fully saturated rings. The van der Waals surface area contributed by atoms with E-state index in [4.69, 9.17) is 0 Å². The topological polar surface area (TPSA) is 35.6 Å². The van der Waals surface area contributed by atoms with E-state index in [2.05, 4.69) is 28.2 Å². The molecule has 3 rings (SSSR count). The van der Waals surface area contributed by atoms with E-state index in [1.54, 1.807) is 0 Å². The van der Waals surface area contributed by atoms with Crippen molar-refractivity contribution >= 4 is 17.3 Å². The Bertz CT molecular complexity index is 722. The van der Waals surface area contributed by atoms with Gasteiger partial charge in [0.1, 0.15) is 5.82 Å². The lowest BCUT2D eigenvalue weighted by molar-refractivity contribution is 0.102. The lowest BCUT2D eigenvalue weighted by Gasteiger charge is -2.34. The van der Waals surface area contributed by atoms with Crippen LogP contribution in [0.25, 0.3) is 0 Å². The maximum atomic E-state index is 12.9. The number of amides is 1. The minimum atomic E-state index is -0.348. The number of carbonyl (C=O) groups is 1. The van der Waals surface area contributed by atoms with E-state index in [-0.39, 0.29) is 11.7 Å². The molecule has 126 valence electrons. The van der Waals surface area contributed by atoms with Crippen molar-refractivity contribution in [1.29, 1.82) is 0 Å². The van der Waals surface area contributed by atoms with E-state index >= 15 is 0 Å². The molecule has 1 saturated heterocycles. The van der Waals surface area contributed by atoms with Crippen molar-refractivity contribution < 1.29 is 9.18 Å². The summed E-state index contributed by atoms with van der Waals surface area (Å²) in [7, 11) is 2.14. The predicted octanol–water partition coefficient (Wildman–Crippen LogP) is 3.14. The van der Waals surface area contributed by atoms with Crippen molar-refractivity contribution in [2.75, 3.05) is 43.4 Å². The third-order valence-electron chi connectivity index (χ3n) is 4.43. The second-order valence-corrected chi connectivity index (χ2v) is 6.25. The zero-order chi connectivity index (χ0) is 17.1. The van der Waals surface area contributed by atoms with Crippen molar-refractivity contribution in [2.45, 2.75) is 6.92 Å². The van der Waals surface area contributed by atoms with Gasteiger partial charge in [-0.05, 0) is 62.0 Å².